The molecule has 0 unspecified atom stereocenters. The Balaban J connectivity index is 2.63. The Bertz CT molecular complexity index is 312. The summed E-state index contributed by atoms with van der Waals surface area (Å²) in [6.07, 6.45) is 1.61. The lowest BCUT2D eigenvalue weighted by Crippen LogP contribution is -1.93. The number of ether oxygens (including phenoxy) is 1. The van der Waals surface area contributed by atoms with Crippen molar-refractivity contribution in [3.05, 3.63) is 40.7 Å². The standard InChI is InChI=1S/C9H7Cl2FO/c10-4-1-5-13-7-2-3-8(11)9(12)6-7/h1-4,6H,5H2/b4-1+. The zero-order valence-corrected chi connectivity index (χ0v) is 8.15. The molecule has 1 nitrogen and oxygen atoms in total. The Morgan fingerprint density at radius 1 is 1.46 bits per heavy atom. The number of hydrogen-bond acceptors (Lipinski definition) is 1. The van der Waals surface area contributed by atoms with Crippen LogP contribution < -0.4 is 4.74 Å². The topological polar surface area (TPSA) is 9.23 Å². The lowest BCUT2D eigenvalue weighted by molar-refractivity contribution is 0.361. The molecule has 13 heavy (non-hydrogen) atoms. The first-order valence-electron chi connectivity index (χ1n) is 3.57. The van der Waals surface area contributed by atoms with Crippen molar-refractivity contribution < 1.29 is 9.13 Å². The van der Waals surface area contributed by atoms with Gasteiger partial charge in [-0.05, 0) is 18.2 Å². The van der Waals surface area contributed by atoms with E-state index >= 15 is 0 Å². The molecule has 0 radical (unpaired) electrons. The molecule has 1 rings (SSSR count). The molecule has 0 atom stereocenters. The third kappa shape index (κ3) is 3.25. The highest BCUT2D eigenvalue weighted by molar-refractivity contribution is 6.30. The quantitative estimate of drug-likeness (QED) is 0.757. The first-order chi connectivity index (χ1) is 6.24. The molecule has 70 valence electrons. The van der Waals surface area contributed by atoms with Crippen LogP contribution in [0.1, 0.15) is 0 Å². The highest BCUT2D eigenvalue weighted by Gasteiger charge is 2.00. The van der Waals surface area contributed by atoms with Gasteiger partial charge in [0.05, 0.1) is 5.02 Å². The zero-order valence-electron chi connectivity index (χ0n) is 6.64. The van der Waals surface area contributed by atoms with Gasteiger partial charge >= 0.3 is 0 Å². The summed E-state index contributed by atoms with van der Waals surface area (Å²) in [5, 5.41) is 0.0836. The minimum absolute atomic E-state index is 0.0836. The molecule has 0 aromatic heterocycles. The van der Waals surface area contributed by atoms with E-state index in [0.29, 0.717) is 12.4 Å². The SMILES string of the molecule is Fc1cc(OC/C=C/Cl)ccc1Cl. The van der Waals surface area contributed by atoms with E-state index in [1.165, 1.54) is 17.7 Å². The Kier molecular flexibility index (Phi) is 4.06. The van der Waals surface area contributed by atoms with Crippen molar-refractivity contribution in [3.63, 3.8) is 0 Å². The van der Waals surface area contributed by atoms with Gasteiger partial charge in [-0.2, -0.15) is 0 Å². The molecule has 0 aliphatic rings. The van der Waals surface area contributed by atoms with Crippen molar-refractivity contribution in [2.45, 2.75) is 0 Å². The summed E-state index contributed by atoms with van der Waals surface area (Å²) in [5.74, 6) is -0.0642. The van der Waals surface area contributed by atoms with Crippen LogP contribution in [0.2, 0.25) is 5.02 Å². The van der Waals surface area contributed by atoms with Gasteiger partial charge in [0.15, 0.2) is 0 Å². The molecule has 0 saturated carbocycles. The molecule has 0 fully saturated rings. The second-order valence-corrected chi connectivity index (χ2v) is 2.91. The number of hydrogen-bond donors (Lipinski definition) is 0. The smallest absolute Gasteiger partial charge is 0.145 e. The van der Waals surface area contributed by atoms with Crippen LogP contribution in [0.25, 0.3) is 0 Å². The molecular formula is C9H7Cl2FO. The van der Waals surface area contributed by atoms with E-state index in [4.69, 9.17) is 27.9 Å². The van der Waals surface area contributed by atoms with Crippen LogP contribution in [-0.4, -0.2) is 6.61 Å². The number of benzene rings is 1. The summed E-state index contributed by atoms with van der Waals surface area (Å²) in [4.78, 5) is 0. The van der Waals surface area contributed by atoms with E-state index < -0.39 is 5.82 Å². The van der Waals surface area contributed by atoms with Gasteiger partial charge in [0.2, 0.25) is 0 Å². The van der Waals surface area contributed by atoms with Crippen LogP contribution in [0, 0.1) is 5.82 Å². The summed E-state index contributed by atoms with van der Waals surface area (Å²) in [5.41, 5.74) is 1.34. The van der Waals surface area contributed by atoms with Crippen molar-refractivity contribution in [2.24, 2.45) is 0 Å². The number of halogens is 3. The van der Waals surface area contributed by atoms with E-state index in [0.717, 1.165) is 0 Å². The Labute approximate surface area is 85.7 Å². The van der Waals surface area contributed by atoms with Crippen LogP contribution in [0.15, 0.2) is 29.8 Å². The summed E-state index contributed by atoms with van der Waals surface area (Å²) in [6.45, 7) is 0.310. The molecule has 0 saturated heterocycles. The van der Waals surface area contributed by atoms with E-state index in [2.05, 4.69) is 0 Å². The zero-order chi connectivity index (χ0) is 9.68. The van der Waals surface area contributed by atoms with Crippen LogP contribution >= 0.6 is 23.2 Å². The molecule has 0 spiro atoms. The maximum Gasteiger partial charge on any atom is 0.145 e. The lowest BCUT2D eigenvalue weighted by Gasteiger charge is -2.02. The molecule has 0 bridgehead atoms. The molecular weight excluding hydrogens is 214 g/mol. The van der Waals surface area contributed by atoms with Gasteiger partial charge in [-0.25, -0.2) is 4.39 Å². The summed E-state index contributed by atoms with van der Waals surface area (Å²) >= 11 is 10.7. The van der Waals surface area contributed by atoms with Gasteiger partial charge in [0, 0.05) is 11.6 Å². The normalized spacial score (nSPS) is 10.7. The molecule has 0 heterocycles. The highest BCUT2D eigenvalue weighted by atomic mass is 35.5. The third-order valence-corrected chi connectivity index (χ3v) is 1.81. The molecule has 1 aromatic rings. The summed E-state index contributed by atoms with van der Waals surface area (Å²) in [7, 11) is 0. The van der Waals surface area contributed by atoms with Crippen LogP contribution in [-0.2, 0) is 0 Å². The Morgan fingerprint density at radius 2 is 2.23 bits per heavy atom. The molecule has 0 aliphatic heterocycles. The first kappa shape index (κ1) is 10.4. The van der Waals surface area contributed by atoms with Crippen LogP contribution in [0.4, 0.5) is 4.39 Å². The maximum absolute atomic E-state index is 12.8. The van der Waals surface area contributed by atoms with Crippen molar-refractivity contribution >= 4 is 23.2 Å². The average Bonchev–Trinajstić information content (AvgIpc) is 2.12. The van der Waals surface area contributed by atoms with Gasteiger partial charge in [-0.3, -0.25) is 0 Å². The van der Waals surface area contributed by atoms with Crippen molar-refractivity contribution in [2.75, 3.05) is 6.61 Å². The Morgan fingerprint density at radius 3 is 2.85 bits per heavy atom. The molecule has 0 aliphatic carbocycles. The highest BCUT2D eigenvalue weighted by Crippen LogP contribution is 2.20. The first-order valence-corrected chi connectivity index (χ1v) is 4.38. The monoisotopic (exact) mass is 220 g/mol. The fourth-order valence-corrected chi connectivity index (χ4v) is 0.938. The molecule has 1 aromatic carbocycles. The predicted molar refractivity (Wildman–Crippen MR) is 51.9 cm³/mol. The van der Waals surface area contributed by atoms with Gasteiger partial charge in [-0.1, -0.05) is 23.2 Å². The fraction of sp³-hybridized carbons (Fsp3) is 0.111. The molecule has 0 amide bonds. The maximum atomic E-state index is 12.8. The van der Waals surface area contributed by atoms with Gasteiger partial charge < -0.3 is 4.74 Å². The van der Waals surface area contributed by atoms with Crippen LogP contribution in [0.5, 0.6) is 5.75 Å². The molecule has 0 N–H and O–H groups in total. The largest absolute Gasteiger partial charge is 0.489 e. The van der Waals surface area contributed by atoms with Crippen molar-refractivity contribution in [1.82, 2.24) is 0 Å². The second-order valence-electron chi connectivity index (χ2n) is 2.25. The minimum Gasteiger partial charge on any atom is -0.489 e. The second kappa shape index (κ2) is 5.10. The van der Waals surface area contributed by atoms with E-state index in [1.54, 1.807) is 12.1 Å². The van der Waals surface area contributed by atoms with Crippen molar-refractivity contribution in [3.8, 4) is 5.75 Å². The van der Waals surface area contributed by atoms with Gasteiger partial charge in [0.1, 0.15) is 18.2 Å². The summed E-state index contributed by atoms with van der Waals surface area (Å²) in [6, 6.07) is 4.26. The van der Waals surface area contributed by atoms with Gasteiger partial charge in [0.25, 0.3) is 0 Å². The predicted octanol–water partition coefficient (Wildman–Crippen LogP) is 3.61. The van der Waals surface area contributed by atoms with Gasteiger partial charge in [-0.15, -0.1) is 0 Å². The van der Waals surface area contributed by atoms with Crippen LogP contribution in [0.3, 0.4) is 0 Å². The van der Waals surface area contributed by atoms with E-state index in [1.807, 2.05) is 0 Å². The third-order valence-electron chi connectivity index (χ3n) is 1.33. The minimum atomic E-state index is -0.492. The fourth-order valence-electron chi connectivity index (χ4n) is 0.747. The number of rotatable bonds is 3. The van der Waals surface area contributed by atoms with Crippen molar-refractivity contribution in [1.29, 1.82) is 0 Å². The summed E-state index contributed by atoms with van der Waals surface area (Å²) < 4.78 is 17.9. The van der Waals surface area contributed by atoms with E-state index in [-0.39, 0.29) is 5.02 Å². The molecule has 4 heteroatoms. The lowest BCUT2D eigenvalue weighted by atomic mass is 10.3. The average molecular weight is 221 g/mol. The Hall–Kier alpha value is -0.730. The van der Waals surface area contributed by atoms with E-state index in [9.17, 15) is 4.39 Å².